The van der Waals surface area contributed by atoms with Crippen molar-refractivity contribution in [2.75, 3.05) is 44.9 Å². The third-order valence-electron chi connectivity index (χ3n) is 7.99. The summed E-state index contributed by atoms with van der Waals surface area (Å²) in [5.74, 6) is 1.84. The predicted octanol–water partition coefficient (Wildman–Crippen LogP) is 2.61. The highest BCUT2D eigenvalue weighted by Gasteiger charge is 2.46. The van der Waals surface area contributed by atoms with Gasteiger partial charge in [-0.2, -0.15) is 0 Å². The van der Waals surface area contributed by atoms with E-state index in [9.17, 15) is 14.4 Å². The zero-order valence-electron chi connectivity index (χ0n) is 21.4. The molecule has 2 aromatic heterocycles. The molecule has 1 spiro atoms. The Morgan fingerprint density at radius 3 is 2.58 bits per heavy atom. The molecule has 0 unspecified atom stereocenters. The van der Waals surface area contributed by atoms with E-state index >= 15 is 0 Å². The van der Waals surface area contributed by atoms with Crippen molar-refractivity contribution >= 4 is 28.5 Å². The van der Waals surface area contributed by atoms with Gasteiger partial charge in [0.1, 0.15) is 25.5 Å². The van der Waals surface area contributed by atoms with Crippen LogP contribution in [0.3, 0.4) is 0 Å². The molecule has 3 aromatic rings. The number of ether oxygens (including phenoxy) is 3. The van der Waals surface area contributed by atoms with Gasteiger partial charge in [-0.3, -0.25) is 23.9 Å². The summed E-state index contributed by atoms with van der Waals surface area (Å²) in [5, 5.41) is 0. The monoisotopic (exact) mass is 518 g/mol. The molecule has 6 rings (SSSR count). The van der Waals surface area contributed by atoms with E-state index in [0.717, 1.165) is 18.5 Å². The molecule has 5 heterocycles. The van der Waals surface area contributed by atoms with Gasteiger partial charge in [-0.15, -0.1) is 0 Å². The van der Waals surface area contributed by atoms with E-state index in [1.807, 2.05) is 23.1 Å². The molecule has 0 aliphatic carbocycles. The van der Waals surface area contributed by atoms with Crippen molar-refractivity contribution in [1.82, 2.24) is 14.5 Å². The van der Waals surface area contributed by atoms with Gasteiger partial charge >= 0.3 is 0 Å². The molecule has 0 atom stereocenters. The van der Waals surface area contributed by atoms with Gasteiger partial charge < -0.3 is 24.0 Å². The van der Waals surface area contributed by atoms with Crippen LogP contribution in [0.1, 0.15) is 25.7 Å². The van der Waals surface area contributed by atoms with Crippen molar-refractivity contribution in [3.63, 3.8) is 0 Å². The fraction of sp³-hybridized carbons (Fsp3) is 0.429. The summed E-state index contributed by atoms with van der Waals surface area (Å²) in [6.45, 7) is 2.53. The molecule has 2 amide bonds. The second kappa shape index (κ2) is 9.66. The fourth-order valence-corrected chi connectivity index (χ4v) is 5.82. The molecule has 2 saturated heterocycles. The molecule has 0 saturated carbocycles. The Morgan fingerprint density at radius 1 is 1.00 bits per heavy atom. The van der Waals surface area contributed by atoms with Gasteiger partial charge in [-0.1, -0.05) is 0 Å². The summed E-state index contributed by atoms with van der Waals surface area (Å²) >= 11 is 0. The highest BCUT2D eigenvalue weighted by atomic mass is 16.6. The van der Waals surface area contributed by atoms with Gasteiger partial charge in [-0.05, 0) is 43.9 Å². The maximum Gasteiger partial charge on any atom is 0.251 e. The number of nitrogens with zero attached hydrogens (tertiary/aromatic N) is 4. The Kier molecular flexibility index (Phi) is 6.17. The van der Waals surface area contributed by atoms with Crippen molar-refractivity contribution < 1.29 is 23.8 Å². The number of fused-ring (bicyclic) bond motifs is 2. The maximum atomic E-state index is 13.8. The quantitative estimate of drug-likeness (QED) is 0.523. The van der Waals surface area contributed by atoms with Crippen LogP contribution in [-0.2, 0) is 16.1 Å². The highest BCUT2D eigenvalue weighted by molar-refractivity contribution is 5.99. The van der Waals surface area contributed by atoms with E-state index in [-0.39, 0.29) is 23.9 Å². The predicted molar refractivity (Wildman–Crippen MR) is 140 cm³/mol. The first-order valence-corrected chi connectivity index (χ1v) is 13.0. The second-order valence-corrected chi connectivity index (χ2v) is 10.1. The van der Waals surface area contributed by atoms with Crippen molar-refractivity contribution in [1.29, 1.82) is 0 Å². The second-order valence-electron chi connectivity index (χ2n) is 10.1. The van der Waals surface area contributed by atoms with Crippen molar-refractivity contribution in [3.05, 3.63) is 52.9 Å². The van der Waals surface area contributed by atoms with Gasteiger partial charge in [0.15, 0.2) is 11.5 Å². The van der Waals surface area contributed by atoms with Crippen LogP contribution in [-0.4, -0.2) is 66.2 Å². The number of carbonyl (C=O) groups excluding carboxylic acids is 2. The van der Waals surface area contributed by atoms with Gasteiger partial charge in [0.2, 0.25) is 11.8 Å². The van der Waals surface area contributed by atoms with Crippen LogP contribution in [0.25, 0.3) is 11.0 Å². The number of piperidine rings is 2. The largest absolute Gasteiger partial charge is 0.495 e. The van der Waals surface area contributed by atoms with E-state index in [4.69, 9.17) is 14.2 Å². The number of hydrogen-bond donors (Lipinski definition) is 0. The summed E-state index contributed by atoms with van der Waals surface area (Å²) in [4.78, 5) is 47.7. The lowest BCUT2D eigenvalue weighted by atomic mass is 9.71. The van der Waals surface area contributed by atoms with Gasteiger partial charge in [0, 0.05) is 43.5 Å². The van der Waals surface area contributed by atoms with E-state index in [2.05, 4.69) is 4.98 Å². The number of hydrogen-bond acceptors (Lipinski definition) is 7. The minimum absolute atomic E-state index is 0.0880. The van der Waals surface area contributed by atoms with E-state index in [0.29, 0.717) is 74.0 Å². The van der Waals surface area contributed by atoms with E-state index in [1.165, 1.54) is 17.7 Å². The number of methoxy groups -OCH3 is 1. The maximum absolute atomic E-state index is 13.8. The Bertz CT molecular complexity index is 1460. The Morgan fingerprint density at radius 2 is 1.79 bits per heavy atom. The van der Waals surface area contributed by atoms with Crippen molar-refractivity contribution in [2.24, 2.45) is 5.41 Å². The van der Waals surface area contributed by atoms with Gasteiger partial charge in [-0.25, -0.2) is 0 Å². The van der Waals surface area contributed by atoms with Crippen LogP contribution in [0.4, 0.5) is 5.69 Å². The lowest BCUT2D eigenvalue weighted by Gasteiger charge is -2.46. The number of carbonyl (C=O) groups is 2. The minimum atomic E-state index is -0.490. The average molecular weight is 519 g/mol. The molecule has 3 aliphatic rings. The summed E-state index contributed by atoms with van der Waals surface area (Å²) in [6.07, 6.45) is 4.48. The van der Waals surface area contributed by atoms with Crippen molar-refractivity contribution in [2.45, 2.75) is 32.2 Å². The molecule has 0 radical (unpaired) electrons. The van der Waals surface area contributed by atoms with Crippen LogP contribution >= 0.6 is 0 Å². The molecular formula is C28H30N4O6. The normalized spacial score (nSPS) is 18.6. The molecule has 0 bridgehead atoms. The molecule has 3 aliphatic heterocycles. The lowest BCUT2D eigenvalue weighted by Crippen LogP contribution is -2.55. The topological polar surface area (TPSA) is 103 Å². The number of benzene rings is 1. The number of aromatic nitrogens is 2. The zero-order valence-corrected chi connectivity index (χ0v) is 21.4. The number of amides is 2. The molecular weight excluding hydrogens is 488 g/mol. The first-order valence-electron chi connectivity index (χ1n) is 13.0. The SMILES string of the molecule is COc1cnc2ccc(=O)n(CC(=O)N3CCC4(CCCN(c5ccc6c(c5)OCCO6)C4=O)CC3)c2c1. The summed E-state index contributed by atoms with van der Waals surface area (Å²) in [6, 6.07) is 10.4. The van der Waals surface area contributed by atoms with Gasteiger partial charge in [0.25, 0.3) is 5.56 Å². The summed E-state index contributed by atoms with van der Waals surface area (Å²) in [5.41, 5.74) is 1.22. The van der Waals surface area contributed by atoms with E-state index < -0.39 is 5.41 Å². The minimum Gasteiger partial charge on any atom is -0.495 e. The number of anilines is 1. The third-order valence-corrected chi connectivity index (χ3v) is 7.99. The number of rotatable bonds is 4. The summed E-state index contributed by atoms with van der Waals surface area (Å²) < 4.78 is 18.0. The van der Waals surface area contributed by atoms with E-state index in [1.54, 1.807) is 23.2 Å². The van der Waals surface area contributed by atoms with Gasteiger partial charge in [0.05, 0.1) is 29.8 Å². The molecule has 10 heteroatoms. The molecule has 198 valence electrons. The van der Waals surface area contributed by atoms with Crippen LogP contribution in [0.2, 0.25) is 0 Å². The third kappa shape index (κ3) is 4.23. The number of pyridine rings is 2. The van der Waals surface area contributed by atoms with Crippen LogP contribution < -0.4 is 24.7 Å². The molecule has 38 heavy (non-hydrogen) atoms. The Hall–Kier alpha value is -4.08. The first kappa shape index (κ1) is 24.3. The smallest absolute Gasteiger partial charge is 0.251 e. The Balaban J connectivity index is 1.16. The lowest BCUT2D eigenvalue weighted by molar-refractivity contribution is -0.141. The molecule has 1 aromatic carbocycles. The Labute approximate surface area is 219 Å². The first-order chi connectivity index (χ1) is 18.5. The molecule has 2 fully saturated rings. The van der Waals surface area contributed by atoms with Crippen LogP contribution in [0, 0.1) is 5.41 Å². The molecule has 0 N–H and O–H groups in total. The standard InChI is InChI=1S/C28H30N4O6/c1-36-20-16-22-21(29-17-20)4-6-25(33)32(22)18-26(34)30-11-8-28(9-12-30)7-2-10-31(27(28)35)19-3-5-23-24(15-19)38-14-13-37-23/h3-6,15-17H,2,7-14,18H2,1H3. The molecule has 10 nitrogen and oxygen atoms in total. The van der Waals surface area contributed by atoms with Crippen molar-refractivity contribution in [3.8, 4) is 17.2 Å². The van der Waals surface area contributed by atoms with Crippen LogP contribution in [0.15, 0.2) is 47.4 Å². The average Bonchev–Trinajstić information content (AvgIpc) is 2.96. The summed E-state index contributed by atoms with van der Waals surface area (Å²) in [7, 11) is 1.53. The fourth-order valence-electron chi connectivity index (χ4n) is 5.82. The zero-order chi connectivity index (χ0) is 26.3. The highest BCUT2D eigenvalue weighted by Crippen LogP contribution is 2.43. The van der Waals surface area contributed by atoms with Crippen LogP contribution in [0.5, 0.6) is 17.2 Å². The number of likely N-dealkylation sites (tertiary alicyclic amines) is 1.